The number of hydrogen-bond donors (Lipinski definition) is 3. The number of methoxy groups -OCH3 is 1. The lowest BCUT2D eigenvalue weighted by molar-refractivity contribution is -0.0373. The summed E-state index contributed by atoms with van der Waals surface area (Å²) in [6.07, 6.45) is 1.12. The lowest BCUT2D eigenvalue weighted by atomic mass is 10.3. The Labute approximate surface area is 90.5 Å². The molecule has 1 aromatic heterocycles. The number of nitrogen functional groups attached to an aromatic ring is 1. The normalized spacial score (nSPS) is 11.2. The number of nitrogens with one attached hydrogen (secondary N) is 1. The predicted molar refractivity (Wildman–Crippen MR) is 53.5 cm³/mol. The van der Waals surface area contributed by atoms with Crippen molar-refractivity contribution in [2.75, 3.05) is 31.3 Å². The van der Waals surface area contributed by atoms with Crippen molar-refractivity contribution in [2.45, 2.75) is 5.92 Å². The SMILES string of the molecule is COc1c(N)ncnc1NCC(F)(F)CO. The molecule has 0 fully saturated rings. The lowest BCUT2D eigenvalue weighted by Crippen LogP contribution is -2.31. The summed E-state index contributed by atoms with van der Waals surface area (Å²) in [6.45, 7) is -2.01. The minimum absolute atomic E-state index is 0.0484. The van der Waals surface area contributed by atoms with E-state index < -0.39 is 19.1 Å². The Morgan fingerprint density at radius 2 is 2.25 bits per heavy atom. The van der Waals surface area contributed by atoms with Gasteiger partial charge in [-0.15, -0.1) is 0 Å². The number of nitrogens with zero attached hydrogens (tertiary/aromatic N) is 2. The predicted octanol–water partition coefficient (Wildman–Crippen LogP) is 0.107. The van der Waals surface area contributed by atoms with E-state index >= 15 is 0 Å². The maximum Gasteiger partial charge on any atom is 0.287 e. The van der Waals surface area contributed by atoms with Gasteiger partial charge in [0.2, 0.25) is 5.75 Å². The van der Waals surface area contributed by atoms with Crippen molar-refractivity contribution in [1.29, 1.82) is 0 Å². The average molecular weight is 234 g/mol. The van der Waals surface area contributed by atoms with Crippen LogP contribution in [-0.4, -0.2) is 41.3 Å². The van der Waals surface area contributed by atoms with Gasteiger partial charge in [0.25, 0.3) is 5.92 Å². The fourth-order valence-electron chi connectivity index (χ4n) is 0.983. The van der Waals surface area contributed by atoms with E-state index in [1.165, 1.54) is 7.11 Å². The standard InChI is InChI=1S/C8H12F2N4O2/c1-16-5-6(11)13-4-14-7(5)12-2-8(9,10)3-15/h4,15H,2-3H2,1H3,(H3,11,12,13,14). The summed E-state index contributed by atoms with van der Waals surface area (Å²) >= 11 is 0. The third-order valence-corrected chi connectivity index (χ3v) is 1.78. The first-order chi connectivity index (χ1) is 7.50. The van der Waals surface area contributed by atoms with Gasteiger partial charge in [0, 0.05) is 0 Å². The molecule has 0 amide bonds. The van der Waals surface area contributed by atoms with E-state index in [1.54, 1.807) is 0 Å². The first-order valence-electron chi connectivity index (χ1n) is 4.37. The van der Waals surface area contributed by atoms with Crippen molar-refractivity contribution >= 4 is 11.6 Å². The van der Waals surface area contributed by atoms with Crippen LogP contribution < -0.4 is 15.8 Å². The van der Waals surface area contributed by atoms with Crippen LogP contribution in [0.2, 0.25) is 0 Å². The summed E-state index contributed by atoms with van der Waals surface area (Å²) < 4.78 is 30.3. The van der Waals surface area contributed by atoms with Gasteiger partial charge in [0.1, 0.15) is 12.9 Å². The topological polar surface area (TPSA) is 93.3 Å². The Balaban J connectivity index is 2.78. The summed E-state index contributed by atoms with van der Waals surface area (Å²) in [4.78, 5) is 7.35. The Hall–Kier alpha value is -1.70. The Kier molecular flexibility index (Phi) is 3.78. The van der Waals surface area contributed by atoms with Crippen LogP contribution >= 0.6 is 0 Å². The fraction of sp³-hybridized carbons (Fsp3) is 0.500. The molecule has 0 aromatic carbocycles. The number of anilines is 2. The monoisotopic (exact) mass is 234 g/mol. The molecule has 0 radical (unpaired) electrons. The summed E-state index contributed by atoms with van der Waals surface area (Å²) in [5, 5.41) is 10.7. The van der Waals surface area contributed by atoms with Gasteiger partial charge in [-0.1, -0.05) is 0 Å². The fourth-order valence-corrected chi connectivity index (χ4v) is 0.983. The number of rotatable bonds is 5. The molecule has 0 spiro atoms. The first kappa shape index (κ1) is 12.4. The second-order valence-electron chi connectivity index (χ2n) is 3.01. The van der Waals surface area contributed by atoms with Gasteiger partial charge in [-0.25, -0.2) is 18.7 Å². The molecule has 0 saturated heterocycles. The van der Waals surface area contributed by atoms with Crippen LogP contribution in [-0.2, 0) is 0 Å². The number of aliphatic hydroxyl groups is 1. The maximum absolute atomic E-state index is 12.7. The highest BCUT2D eigenvalue weighted by Crippen LogP contribution is 2.27. The third-order valence-electron chi connectivity index (χ3n) is 1.78. The summed E-state index contributed by atoms with van der Waals surface area (Å²) in [5.74, 6) is -3.03. The zero-order valence-electron chi connectivity index (χ0n) is 8.57. The molecule has 0 bridgehead atoms. The van der Waals surface area contributed by atoms with Crippen LogP contribution in [0.3, 0.4) is 0 Å². The number of ether oxygens (including phenoxy) is 1. The molecule has 4 N–H and O–H groups in total. The third kappa shape index (κ3) is 2.89. The first-order valence-corrected chi connectivity index (χ1v) is 4.37. The largest absolute Gasteiger partial charge is 0.490 e. The summed E-state index contributed by atoms with van der Waals surface area (Å²) in [7, 11) is 1.32. The molecule has 6 nitrogen and oxygen atoms in total. The van der Waals surface area contributed by atoms with Gasteiger partial charge < -0.3 is 20.9 Å². The second-order valence-corrected chi connectivity index (χ2v) is 3.01. The van der Waals surface area contributed by atoms with E-state index in [-0.39, 0.29) is 17.4 Å². The van der Waals surface area contributed by atoms with Crippen LogP contribution in [0.15, 0.2) is 6.33 Å². The van der Waals surface area contributed by atoms with Crippen LogP contribution in [0.1, 0.15) is 0 Å². The Morgan fingerprint density at radius 1 is 1.56 bits per heavy atom. The molecule has 0 aliphatic heterocycles. The summed E-state index contributed by atoms with van der Waals surface area (Å²) in [5.41, 5.74) is 5.45. The lowest BCUT2D eigenvalue weighted by Gasteiger charge is -2.16. The number of hydrogen-bond acceptors (Lipinski definition) is 6. The van der Waals surface area contributed by atoms with E-state index in [1.807, 2.05) is 0 Å². The highest BCUT2D eigenvalue weighted by molar-refractivity contribution is 5.61. The number of halogens is 2. The van der Waals surface area contributed by atoms with Gasteiger partial charge in [0.05, 0.1) is 13.7 Å². The number of alkyl halides is 2. The van der Waals surface area contributed by atoms with Crippen LogP contribution in [0.4, 0.5) is 20.4 Å². The molecule has 1 rings (SSSR count). The smallest absolute Gasteiger partial charge is 0.287 e. The molecule has 8 heteroatoms. The minimum atomic E-state index is -3.23. The molecule has 1 aromatic rings. The number of aliphatic hydroxyl groups excluding tert-OH is 1. The van der Waals surface area contributed by atoms with Crippen molar-refractivity contribution in [2.24, 2.45) is 0 Å². The molecule has 0 atom stereocenters. The van der Waals surface area contributed by atoms with Gasteiger partial charge in [-0.2, -0.15) is 0 Å². The van der Waals surface area contributed by atoms with Crippen LogP contribution in [0, 0.1) is 0 Å². The molecular formula is C8H12F2N4O2. The quantitative estimate of drug-likeness (QED) is 0.669. The Morgan fingerprint density at radius 3 is 2.81 bits per heavy atom. The van der Waals surface area contributed by atoms with Crippen molar-refractivity contribution in [3.8, 4) is 5.75 Å². The van der Waals surface area contributed by atoms with Crippen molar-refractivity contribution < 1.29 is 18.6 Å². The van der Waals surface area contributed by atoms with E-state index in [4.69, 9.17) is 15.6 Å². The van der Waals surface area contributed by atoms with Gasteiger partial charge in [-0.05, 0) is 0 Å². The molecule has 1 heterocycles. The highest BCUT2D eigenvalue weighted by atomic mass is 19.3. The van der Waals surface area contributed by atoms with E-state index in [2.05, 4.69) is 15.3 Å². The average Bonchev–Trinajstić information content (AvgIpc) is 2.26. The second kappa shape index (κ2) is 4.88. The minimum Gasteiger partial charge on any atom is -0.490 e. The molecule has 90 valence electrons. The molecule has 16 heavy (non-hydrogen) atoms. The molecule has 0 unspecified atom stereocenters. The molecule has 0 aliphatic carbocycles. The van der Waals surface area contributed by atoms with Crippen LogP contribution in [0.25, 0.3) is 0 Å². The molecule has 0 aliphatic rings. The van der Waals surface area contributed by atoms with E-state index in [0.29, 0.717) is 0 Å². The summed E-state index contributed by atoms with van der Waals surface area (Å²) in [6, 6.07) is 0. The van der Waals surface area contributed by atoms with Gasteiger partial charge >= 0.3 is 0 Å². The number of nitrogens with two attached hydrogens (primary N) is 1. The van der Waals surface area contributed by atoms with Crippen molar-refractivity contribution in [1.82, 2.24) is 9.97 Å². The highest BCUT2D eigenvalue weighted by Gasteiger charge is 2.28. The van der Waals surface area contributed by atoms with Gasteiger partial charge in [-0.3, -0.25) is 0 Å². The molecular weight excluding hydrogens is 222 g/mol. The van der Waals surface area contributed by atoms with E-state index in [0.717, 1.165) is 6.33 Å². The zero-order chi connectivity index (χ0) is 12.2. The molecule has 0 saturated carbocycles. The number of aromatic nitrogens is 2. The van der Waals surface area contributed by atoms with Crippen LogP contribution in [0.5, 0.6) is 5.75 Å². The Bertz CT molecular complexity index is 362. The zero-order valence-corrected chi connectivity index (χ0v) is 8.57. The van der Waals surface area contributed by atoms with Gasteiger partial charge in [0.15, 0.2) is 11.6 Å². The van der Waals surface area contributed by atoms with E-state index in [9.17, 15) is 8.78 Å². The van der Waals surface area contributed by atoms with Crippen molar-refractivity contribution in [3.63, 3.8) is 0 Å². The van der Waals surface area contributed by atoms with Crippen molar-refractivity contribution in [3.05, 3.63) is 6.33 Å². The maximum atomic E-state index is 12.7.